The first-order chi connectivity index (χ1) is 16.8. The van der Waals surface area contributed by atoms with Crippen molar-refractivity contribution in [3.05, 3.63) is 23.3 Å². The summed E-state index contributed by atoms with van der Waals surface area (Å²) in [6.07, 6.45) is 18.5. The van der Waals surface area contributed by atoms with E-state index in [4.69, 9.17) is 0 Å². The fourth-order valence-corrected chi connectivity index (χ4v) is 11.4. The van der Waals surface area contributed by atoms with E-state index in [0.717, 1.165) is 49.4 Å². The number of rotatable bonds is 3. The molecule has 4 heteroatoms. The Labute approximate surface area is 210 Å². The van der Waals surface area contributed by atoms with Gasteiger partial charge in [0.2, 0.25) is 5.91 Å². The summed E-state index contributed by atoms with van der Waals surface area (Å²) >= 11 is 0. The summed E-state index contributed by atoms with van der Waals surface area (Å²) in [6, 6.07) is 0.450. The topological polar surface area (TPSA) is 66.4 Å². The normalized spacial score (nSPS) is 51.5. The smallest absolute Gasteiger partial charge is 0.331 e. The van der Waals surface area contributed by atoms with Crippen LogP contribution in [0.4, 0.5) is 0 Å². The monoisotopic (exact) mass is 477 g/mol. The zero-order chi connectivity index (χ0) is 24.1. The molecule has 6 saturated carbocycles. The molecule has 8 aliphatic rings. The number of amides is 1. The highest BCUT2D eigenvalue weighted by Crippen LogP contribution is 2.66. The molecule has 0 aromatic heterocycles. The van der Waals surface area contributed by atoms with Gasteiger partial charge in [-0.05, 0) is 141 Å². The molecule has 6 fully saturated rings. The summed E-state index contributed by atoms with van der Waals surface area (Å²) in [4.78, 5) is 25.5. The maximum Gasteiger partial charge on any atom is 0.331 e. The molecular formula is C31H43NO3. The van der Waals surface area contributed by atoms with Crippen LogP contribution in [0, 0.1) is 58.2 Å². The molecule has 8 aliphatic carbocycles. The van der Waals surface area contributed by atoms with Gasteiger partial charge in [-0.15, -0.1) is 0 Å². The number of hydrogen-bond acceptors (Lipinski definition) is 2. The van der Waals surface area contributed by atoms with Crippen LogP contribution in [-0.4, -0.2) is 23.0 Å². The van der Waals surface area contributed by atoms with E-state index in [1.165, 1.54) is 50.5 Å². The molecule has 0 radical (unpaired) electrons. The van der Waals surface area contributed by atoms with Gasteiger partial charge in [-0.2, -0.15) is 0 Å². The molecule has 6 atom stereocenters. The van der Waals surface area contributed by atoms with Crippen LogP contribution in [-0.2, 0) is 9.59 Å². The number of nitrogens with one attached hydrogen (secondary N) is 1. The largest absolute Gasteiger partial charge is 0.478 e. The molecule has 4 nitrogen and oxygen atoms in total. The van der Waals surface area contributed by atoms with Crippen LogP contribution in [0.25, 0.3) is 0 Å². The second-order valence-electron chi connectivity index (χ2n) is 14.3. The van der Waals surface area contributed by atoms with Gasteiger partial charge < -0.3 is 10.4 Å². The first-order valence-electron chi connectivity index (χ1n) is 14.7. The summed E-state index contributed by atoms with van der Waals surface area (Å²) in [5.41, 5.74) is 2.08. The standard InChI is InChI=1S/C31H43NO3/c1-30-9-7-19(29(34)35)16-22(30)3-4-23-24-5-6-26(31(24,2)10-8-25(23)30)28(33)32-27-20-12-17-11-18(14-20)15-21(27)13-17/h3,16-18,20-21,23-27H,4-15H2,1-2H3,(H,32,33)(H,34,35)/t17?,18?,20?,21?,23-,24-,25-,26+,27?,30-,31-/m0/s1. The zero-order valence-electron chi connectivity index (χ0n) is 21.6. The minimum Gasteiger partial charge on any atom is -0.478 e. The molecule has 190 valence electrons. The average molecular weight is 478 g/mol. The predicted molar refractivity (Wildman–Crippen MR) is 135 cm³/mol. The minimum absolute atomic E-state index is 0.101. The van der Waals surface area contributed by atoms with Gasteiger partial charge in [0.1, 0.15) is 0 Å². The third-order valence-electron chi connectivity index (χ3n) is 12.9. The lowest BCUT2D eigenvalue weighted by Crippen LogP contribution is -2.58. The molecule has 0 aromatic rings. The summed E-state index contributed by atoms with van der Waals surface area (Å²) in [5.74, 6) is 5.07. The maximum absolute atomic E-state index is 13.9. The van der Waals surface area contributed by atoms with Gasteiger partial charge in [0, 0.05) is 17.5 Å². The lowest BCUT2D eigenvalue weighted by Gasteiger charge is -2.57. The Morgan fingerprint density at radius 2 is 1.66 bits per heavy atom. The van der Waals surface area contributed by atoms with Gasteiger partial charge >= 0.3 is 5.97 Å². The minimum atomic E-state index is -0.755. The summed E-state index contributed by atoms with van der Waals surface area (Å²) in [5, 5.41) is 13.2. The molecule has 1 amide bonds. The lowest BCUT2D eigenvalue weighted by atomic mass is 9.48. The van der Waals surface area contributed by atoms with Crippen LogP contribution >= 0.6 is 0 Å². The first kappa shape index (κ1) is 22.6. The van der Waals surface area contributed by atoms with Crippen molar-refractivity contribution in [2.24, 2.45) is 58.2 Å². The summed E-state index contributed by atoms with van der Waals surface area (Å²) in [6.45, 7) is 4.85. The van der Waals surface area contributed by atoms with Gasteiger partial charge in [-0.1, -0.05) is 19.9 Å². The van der Waals surface area contributed by atoms with E-state index in [2.05, 4.69) is 25.2 Å². The number of fused-ring (bicyclic) bond motifs is 5. The second kappa shape index (κ2) is 7.71. The van der Waals surface area contributed by atoms with E-state index in [9.17, 15) is 14.7 Å². The van der Waals surface area contributed by atoms with Crippen LogP contribution in [0.2, 0.25) is 0 Å². The van der Waals surface area contributed by atoms with Gasteiger partial charge in [0.25, 0.3) is 0 Å². The number of carboxylic acids is 1. The van der Waals surface area contributed by atoms with Crippen molar-refractivity contribution in [3.63, 3.8) is 0 Å². The van der Waals surface area contributed by atoms with Crippen molar-refractivity contribution in [1.29, 1.82) is 0 Å². The number of aliphatic carboxylic acids is 1. The Kier molecular flexibility index (Phi) is 4.98. The molecule has 8 rings (SSSR count). The number of hydrogen-bond donors (Lipinski definition) is 2. The van der Waals surface area contributed by atoms with Crippen LogP contribution in [0.15, 0.2) is 23.3 Å². The van der Waals surface area contributed by atoms with Crippen molar-refractivity contribution in [2.75, 3.05) is 0 Å². The SMILES string of the molecule is C[C@]12CC[C@H]3[C@@H](CC=C4C=C(C(=O)O)CC[C@@]43C)[C@@H]1CC[C@@H]2C(=O)NC1C2CC3CC(C2)CC1C3. The van der Waals surface area contributed by atoms with Gasteiger partial charge in [-0.25, -0.2) is 4.79 Å². The van der Waals surface area contributed by atoms with Gasteiger partial charge in [0.15, 0.2) is 0 Å². The van der Waals surface area contributed by atoms with Crippen molar-refractivity contribution in [3.8, 4) is 0 Å². The van der Waals surface area contributed by atoms with Crippen molar-refractivity contribution in [1.82, 2.24) is 5.32 Å². The Morgan fingerprint density at radius 1 is 0.943 bits per heavy atom. The zero-order valence-corrected chi connectivity index (χ0v) is 21.6. The number of carboxylic acid groups (broad SMARTS) is 1. The van der Waals surface area contributed by atoms with E-state index in [1.807, 2.05) is 6.08 Å². The fraction of sp³-hybridized carbons (Fsp3) is 0.806. The maximum atomic E-state index is 13.9. The number of allylic oxidation sites excluding steroid dienone is 3. The highest BCUT2D eigenvalue weighted by Gasteiger charge is 2.60. The van der Waals surface area contributed by atoms with Gasteiger partial charge in [-0.3, -0.25) is 4.79 Å². The molecule has 0 aliphatic heterocycles. The lowest BCUT2D eigenvalue weighted by molar-refractivity contribution is -0.135. The third-order valence-corrected chi connectivity index (χ3v) is 12.9. The van der Waals surface area contributed by atoms with E-state index in [-0.39, 0.29) is 16.7 Å². The second-order valence-corrected chi connectivity index (χ2v) is 14.3. The molecule has 0 aromatic carbocycles. The van der Waals surface area contributed by atoms with Crippen LogP contribution in [0.1, 0.15) is 90.9 Å². The Bertz CT molecular complexity index is 983. The van der Waals surface area contributed by atoms with Crippen LogP contribution in [0.3, 0.4) is 0 Å². The van der Waals surface area contributed by atoms with E-state index < -0.39 is 5.97 Å². The molecule has 0 spiro atoms. The van der Waals surface area contributed by atoms with E-state index in [0.29, 0.717) is 41.7 Å². The Morgan fingerprint density at radius 3 is 2.34 bits per heavy atom. The molecule has 4 bridgehead atoms. The summed E-state index contributed by atoms with van der Waals surface area (Å²) in [7, 11) is 0. The third kappa shape index (κ3) is 3.23. The fourth-order valence-electron chi connectivity index (χ4n) is 11.4. The summed E-state index contributed by atoms with van der Waals surface area (Å²) < 4.78 is 0. The van der Waals surface area contributed by atoms with Crippen molar-refractivity contribution in [2.45, 2.75) is 96.9 Å². The molecule has 0 saturated heterocycles. The molecule has 35 heavy (non-hydrogen) atoms. The first-order valence-corrected chi connectivity index (χ1v) is 14.7. The molecule has 2 N–H and O–H groups in total. The molecule has 0 unspecified atom stereocenters. The van der Waals surface area contributed by atoms with Crippen LogP contribution in [0.5, 0.6) is 0 Å². The van der Waals surface area contributed by atoms with Crippen molar-refractivity contribution < 1.29 is 14.7 Å². The quantitative estimate of drug-likeness (QED) is 0.514. The number of carbonyl (C=O) groups is 2. The van der Waals surface area contributed by atoms with Gasteiger partial charge in [0.05, 0.1) is 0 Å². The Balaban J connectivity index is 1.10. The van der Waals surface area contributed by atoms with E-state index >= 15 is 0 Å². The average Bonchev–Trinajstić information content (AvgIpc) is 3.17. The van der Waals surface area contributed by atoms with Crippen molar-refractivity contribution >= 4 is 11.9 Å². The molecule has 0 heterocycles. The number of carbonyl (C=O) groups excluding carboxylic acids is 1. The van der Waals surface area contributed by atoms with E-state index in [1.54, 1.807) is 0 Å². The predicted octanol–water partition coefficient (Wildman–Crippen LogP) is 6.13. The highest BCUT2D eigenvalue weighted by molar-refractivity contribution is 5.87. The van der Waals surface area contributed by atoms with Crippen LogP contribution < -0.4 is 5.32 Å². The Hall–Kier alpha value is -1.58. The highest BCUT2D eigenvalue weighted by atomic mass is 16.4. The molecular weight excluding hydrogens is 434 g/mol.